The summed E-state index contributed by atoms with van der Waals surface area (Å²) in [4.78, 5) is 13.0. The molecule has 0 bridgehead atoms. The Morgan fingerprint density at radius 2 is 1.83 bits per heavy atom. The van der Waals surface area contributed by atoms with E-state index in [1.807, 2.05) is 44.2 Å². The van der Waals surface area contributed by atoms with Gasteiger partial charge in [0.2, 0.25) is 6.10 Å². The van der Waals surface area contributed by atoms with Crippen molar-refractivity contribution in [1.29, 1.82) is 5.26 Å². The summed E-state index contributed by atoms with van der Waals surface area (Å²) >= 11 is 12.0. The standard InChI is InChI=1S/C28H22Cl2FNO3/c1-28(2)20(11-8-17-9-12-21(29)22(30)14-17)26(28)27(33)35-25(16-32)18-10-13-23(31)24(15-18)34-19-6-4-3-5-7-19/h3-15,20,25-26H,1-2H3/b11-8+. The van der Waals surface area contributed by atoms with Crippen LogP contribution in [0.4, 0.5) is 4.39 Å². The van der Waals surface area contributed by atoms with E-state index in [1.54, 1.807) is 36.4 Å². The molecule has 178 valence electrons. The van der Waals surface area contributed by atoms with E-state index < -0.39 is 23.8 Å². The van der Waals surface area contributed by atoms with Gasteiger partial charge >= 0.3 is 5.97 Å². The summed E-state index contributed by atoms with van der Waals surface area (Å²) in [6.07, 6.45) is 2.63. The van der Waals surface area contributed by atoms with Crippen LogP contribution in [0.25, 0.3) is 6.08 Å². The Hall–Kier alpha value is -3.33. The lowest BCUT2D eigenvalue weighted by Gasteiger charge is -2.14. The largest absolute Gasteiger partial charge is 0.454 e. The van der Waals surface area contributed by atoms with Crippen LogP contribution < -0.4 is 4.74 Å². The number of ether oxygens (including phenoxy) is 2. The number of rotatable bonds is 7. The van der Waals surface area contributed by atoms with Crippen LogP contribution in [-0.2, 0) is 9.53 Å². The highest BCUT2D eigenvalue weighted by Crippen LogP contribution is 2.60. The van der Waals surface area contributed by atoms with Gasteiger partial charge in [-0.25, -0.2) is 4.39 Å². The van der Waals surface area contributed by atoms with E-state index >= 15 is 0 Å². The molecule has 0 amide bonds. The van der Waals surface area contributed by atoms with Gasteiger partial charge in [0.1, 0.15) is 11.8 Å². The third kappa shape index (κ3) is 5.51. The second-order valence-corrected chi connectivity index (χ2v) is 9.72. The molecular formula is C28H22Cl2FNO3. The molecule has 0 heterocycles. The number of nitriles is 1. The highest BCUT2D eigenvalue weighted by molar-refractivity contribution is 6.42. The number of benzene rings is 3. The number of hydrogen-bond acceptors (Lipinski definition) is 4. The second kappa shape index (κ2) is 10.1. The summed E-state index contributed by atoms with van der Waals surface area (Å²) in [5.74, 6) is -1.17. The molecule has 0 aromatic heterocycles. The van der Waals surface area contributed by atoms with Gasteiger partial charge in [-0.2, -0.15) is 5.26 Å². The number of esters is 1. The Morgan fingerprint density at radius 1 is 1.09 bits per heavy atom. The third-order valence-electron chi connectivity index (χ3n) is 6.18. The zero-order chi connectivity index (χ0) is 25.2. The van der Waals surface area contributed by atoms with Crippen molar-refractivity contribution in [3.8, 4) is 17.6 Å². The van der Waals surface area contributed by atoms with Gasteiger partial charge in [-0.3, -0.25) is 4.79 Å². The Balaban J connectivity index is 1.46. The minimum absolute atomic E-state index is 0.0563. The Kier molecular flexibility index (Phi) is 7.16. The molecule has 7 heteroatoms. The van der Waals surface area contributed by atoms with Crippen LogP contribution in [0, 0.1) is 34.4 Å². The number of carbonyl (C=O) groups is 1. The minimum atomic E-state index is -1.20. The molecule has 1 aliphatic rings. The fourth-order valence-corrected chi connectivity index (χ4v) is 4.36. The van der Waals surface area contributed by atoms with Gasteiger partial charge in [0.15, 0.2) is 11.6 Å². The minimum Gasteiger partial charge on any atom is -0.454 e. The molecule has 3 atom stereocenters. The molecule has 1 aliphatic carbocycles. The average Bonchev–Trinajstić information content (AvgIpc) is 3.40. The van der Waals surface area contributed by atoms with Gasteiger partial charge in [-0.15, -0.1) is 0 Å². The molecule has 4 rings (SSSR count). The molecule has 1 fully saturated rings. The normalized spacial score (nSPS) is 19.1. The first-order chi connectivity index (χ1) is 16.7. The van der Waals surface area contributed by atoms with E-state index in [1.165, 1.54) is 18.2 Å². The molecule has 35 heavy (non-hydrogen) atoms. The van der Waals surface area contributed by atoms with E-state index in [2.05, 4.69) is 0 Å². The van der Waals surface area contributed by atoms with E-state index in [0.29, 0.717) is 21.4 Å². The monoisotopic (exact) mass is 509 g/mol. The van der Waals surface area contributed by atoms with Gasteiger partial charge in [0.05, 0.1) is 16.0 Å². The Bertz CT molecular complexity index is 1320. The van der Waals surface area contributed by atoms with Crippen molar-refractivity contribution in [1.82, 2.24) is 0 Å². The topological polar surface area (TPSA) is 59.3 Å². The Labute approximate surface area is 213 Å². The maximum Gasteiger partial charge on any atom is 0.311 e. The molecule has 3 aromatic carbocycles. The van der Waals surface area contributed by atoms with E-state index in [9.17, 15) is 14.4 Å². The molecule has 0 radical (unpaired) electrons. The SMILES string of the molecule is CC1(C)C(/C=C/c2ccc(Cl)c(Cl)c2)C1C(=O)OC(C#N)c1ccc(F)c(Oc2ccccc2)c1. The number of allylic oxidation sites excluding steroid dienone is 1. The predicted molar refractivity (Wildman–Crippen MR) is 134 cm³/mol. The van der Waals surface area contributed by atoms with Crippen molar-refractivity contribution in [3.63, 3.8) is 0 Å². The lowest BCUT2D eigenvalue weighted by atomic mass is 10.1. The molecular weight excluding hydrogens is 488 g/mol. The van der Waals surface area contributed by atoms with Crippen LogP contribution in [0.5, 0.6) is 11.5 Å². The van der Waals surface area contributed by atoms with Crippen LogP contribution in [0.1, 0.15) is 31.1 Å². The second-order valence-electron chi connectivity index (χ2n) is 8.91. The van der Waals surface area contributed by atoms with E-state index in [4.69, 9.17) is 32.7 Å². The summed E-state index contributed by atoms with van der Waals surface area (Å²) in [6, 6.07) is 20.0. The lowest BCUT2D eigenvalue weighted by molar-refractivity contribution is -0.149. The zero-order valence-corrected chi connectivity index (χ0v) is 20.6. The van der Waals surface area contributed by atoms with Crippen LogP contribution in [-0.4, -0.2) is 5.97 Å². The van der Waals surface area contributed by atoms with E-state index in [0.717, 1.165) is 5.56 Å². The molecule has 3 unspecified atom stereocenters. The van der Waals surface area contributed by atoms with Crippen molar-refractivity contribution in [2.45, 2.75) is 20.0 Å². The molecule has 0 N–H and O–H groups in total. The first-order valence-electron chi connectivity index (χ1n) is 11.0. The first-order valence-corrected chi connectivity index (χ1v) is 11.7. The number of carbonyl (C=O) groups excluding carboxylic acids is 1. The third-order valence-corrected chi connectivity index (χ3v) is 6.92. The number of hydrogen-bond donors (Lipinski definition) is 0. The van der Waals surface area contributed by atoms with Crippen molar-refractivity contribution in [2.24, 2.45) is 17.3 Å². The molecule has 0 saturated heterocycles. The molecule has 1 saturated carbocycles. The van der Waals surface area contributed by atoms with Crippen molar-refractivity contribution >= 4 is 35.2 Å². The molecule has 0 spiro atoms. The maximum absolute atomic E-state index is 14.3. The fraction of sp³-hybridized carbons (Fsp3) is 0.214. The highest BCUT2D eigenvalue weighted by Gasteiger charge is 2.61. The van der Waals surface area contributed by atoms with Crippen LogP contribution in [0.15, 0.2) is 72.8 Å². The van der Waals surface area contributed by atoms with Crippen molar-refractivity contribution in [3.05, 3.63) is 99.8 Å². The number of para-hydroxylation sites is 1. The highest BCUT2D eigenvalue weighted by atomic mass is 35.5. The Morgan fingerprint density at radius 3 is 2.51 bits per heavy atom. The smallest absolute Gasteiger partial charge is 0.311 e. The van der Waals surface area contributed by atoms with E-state index in [-0.39, 0.29) is 17.1 Å². The quantitative estimate of drug-likeness (QED) is 0.302. The van der Waals surface area contributed by atoms with Gasteiger partial charge in [0, 0.05) is 5.56 Å². The molecule has 3 aromatic rings. The lowest BCUT2D eigenvalue weighted by Crippen LogP contribution is -2.14. The fourth-order valence-electron chi connectivity index (χ4n) is 4.05. The summed E-state index contributed by atoms with van der Waals surface area (Å²) < 4.78 is 25.5. The number of halogens is 3. The van der Waals surface area contributed by atoms with Gasteiger partial charge in [-0.1, -0.05) is 79.5 Å². The van der Waals surface area contributed by atoms with Gasteiger partial charge < -0.3 is 9.47 Å². The maximum atomic E-state index is 14.3. The van der Waals surface area contributed by atoms with Crippen LogP contribution in [0.3, 0.4) is 0 Å². The zero-order valence-electron chi connectivity index (χ0n) is 19.0. The summed E-state index contributed by atoms with van der Waals surface area (Å²) in [7, 11) is 0. The number of nitrogens with zero attached hydrogens (tertiary/aromatic N) is 1. The molecule has 4 nitrogen and oxygen atoms in total. The van der Waals surface area contributed by atoms with Crippen LogP contribution >= 0.6 is 23.2 Å². The summed E-state index contributed by atoms with van der Waals surface area (Å²) in [5, 5.41) is 10.6. The van der Waals surface area contributed by atoms with Crippen LogP contribution in [0.2, 0.25) is 10.0 Å². The molecule has 0 aliphatic heterocycles. The van der Waals surface area contributed by atoms with Gasteiger partial charge in [0.25, 0.3) is 0 Å². The predicted octanol–water partition coefficient (Wildman–Crippen LogP) is 8.02. The van der Waals surface area contributed by atoms with Crippen molar-refractivity contribution < 1.29 is 18.7 Å². The first kappa shape index (κ1) is 24.8. The summed E-state index contributed by atoms with van der Waals surface area (Å²) in [6.45, 7) is 3.93. The summed E-state index contributed by atoms with van der Waals surface area (Å²) in [5.41, 5.74) is 0.852. The van der Waals surface area contributed by atoms with Gasteiger partial charge in [-0.05, 0) is 53.3 Å². The average molecular weight is 510 g/mol. The van der Waals surface area contributed by atoms with Crippen molar-refractivity contribution in [2.75, 3.05) is 0 Å².